The Labute approximate surface area is 112 Å². The van der Waals surface area contributed by atoms with E-state index in [2.05, 4.69) is 42.7 Å². The highest BCUT2D eigenvalue weighted by molar-refractivity contribution is 9.10. The van der Waals surface area contributed by atoms with E-state index >= 15 is 0 Å². The van der Waals surface area contributed by atoms with Gasteiger partial charge in [-0.3, -0.25) is 0 Å². The van der Waals surface area contributed by atoms with Crippen LogP contribution in [0.4, 0.5) is 5.95 Å². The summed E-state index contributed by atoms with van der Waals surface area (Å²) in [5.74, 6) is 1.17. The Morgan fingerprint density at radius 1 is 1.41 bits per heavy atom. The standard InChI is InChI=1S/C11H12BrN3OS/c1-7-3-10(16-2)15-11(14-7)13-5-9-4-8(12)6-17-9/h3-4,6H,5H2,1-2H3,(H,13,14,15). The quantitative estimate of drug-likeness (QED) is 0.941. The summed E-state index contributed by atoms with van der Waals surface area (Å²) in [5.41, 5.74) is 0.881. The number of rotatable bonds is 4. The molecule has 0 spiro atoms. The van der Waals surface area contributed by atoms with E-state index in [0.717, 1.165) is 10.2 Å². The topological polar surface area (TPSA) is 47.0 Å². The minimum Gasteiger partial charge on any atom is -0.481 e. The molecular formula is C11H12BrN3OS. The second-order valence-corrected chi connectivity index (χ2v) is 5.37. The van der Waals surface area contributed by atoms with Crippen molar-refractivity contribution < 1.29 is 4.74 Å². The molecule has 6 heteroatoms. The number of anilines is 1. The number of halogens is 1. The summed E-state index contributed by atoms with van der Waals surface area (Å²) in [7, 11) is 1.60. The van der Waals surface area contributed by atoms with Gasteiger partial charge in [-0.05, 0) is 28.9 Å². The van der Waals surface area contributed by atoms with E-state index in [4.69, 9.17) is 4.74 Å². The summed E-state index contributed by atoms with van der Waals surface area (Å²) in [6.45, 7) is 2.62. The molecule has 90 valence electrons. The number of hydrogen-bond acceptors (Lipinski definition) is 5. The van der Waals surface area contributed by atoms with Gasteiger partial charge in [-0.1, -0.05) is 0 Å². The van der Waals surface area contributed by atoms with Crippen LogP contribution in [0.5, 0.6) is 5.88 Å². The second-order valence-electron chi connectivity index (χ2n) is 3.46. The molecule has 0 bridgehead atoms. The largest absolute Gasteiger partial charge is 0.481 e. The molecule has 0 aliphatic heterocycles. The molecule has 2 aromatic rings. The third kappa shape index (κ3) is 3.41. The number of nitrogens with one attached hydrogen (secondary N) is 1. The summed E-state index contributed by atoms with van der Waals surface area (Å²) in [5, 5.41) is 5.23. The smallest absolute Gasteiger partial charge is 0.226 e. The predicted octanol–water partition coefficient (Wildman–Crippen LogP) is 3.23. The zero-order valence-corrected chi connectivity index (χ0v) is 11.9. The van der Waals surface area contributed by atoms with Gasteiger partial charge in [-0.15, -0.1) is 11.3 Å². The summed E-state index contributed by atoms with van der Waals surface area (Å²) in [6.07, 6.45) is 0. The van der Waals surface area contributed by atoms with Crippen molar-refractivity contribution in [2.75, 3.05) is 12.4 Å². The molecule has 17 heavy (non-hydrogen) atoms. The number of nitrogens with zero attached hydrogens (tertiary/aromatic N) is 2. The molecule has 2 heterocycles. The van der Waals surface area contributed by atoms with E-state index < -0.39 is 0 Å². The molecule has 4 nitrogen and oxygen atoms in total. The van der Waals surface area contributed by atoms with Crippen molar-refractivity contribution in [2.45, 2.75) is 13.5 Å². The Hall–Kier alpha value is -1.14. The van der Waals surface area contributed by atoms with Crippen molar-refractivity contribution in [1.29, 1.82) is 0 Å². The highest BCUT2D eigenvalue weighted by atomic mass is 79.9. The van der Waals surface area contributed by atoms with Crippen LogP contribution in [0, 0.1) is 6.92 Å². The van der Waals surface area contributed by atoms with Crippen LogP contribution in [0.15, 0.2) is 22.0 Å². The fourth-order valence-electron chi connectivity index (χ4n) is 1.34. The van der Waals surface area contributed by atoms with E-state index in [1.807, 2.05) is 6.92 Å². The van der Waals surface area contributed by atoms with Crippen molar-refractivity contribution >= 4 is 33.2 Å². The van der Waals surface area contributed by atoms with Crippen LogP contribution in [-0.4, -0.2) is 17.1 Å². The van der Waals surface area contributed by atoms with Gasteiger partial charge in [0, 0.05) is 26.5 Å². The molecule has 1 N–H and O–H groups in total. The van der Waals surface area contributed by atoms with Crippen LogP contribution in [0.3, 0.4) is 0 Å². The first-order valence-electron chi connectivity index (χ1n) is 5.04. The number of aromatic nitrogens is 2. The van der Waals surface area contributed by atoms with Gasteiger partial charge in [0.15, 0.2) is 0 Å². The minimum absolute atomic E-state index is 0.576. The molecule has 0 radical (unpaired) electrons. The maximum atomic E-state index is 5.10. The lowest BCUT2D eigenvalue weighted by molar-refractivity contribution is 0.397. The molecule has 0 aliphatic carbocycles. The van der Waals surface area contributed by atoms with E-state index in [0.29, 0.717) is 18.4 Å². The Morgan fingerprint density at radius 3 is 2.88 bits per heavy atom. The molecule has 0 aliphatic rings. The molecule has 2 rings (SSSR count). The number of methoxy groups -OCH3 is 1. The SMILES string of the molecule is COc1cc(C)nc(NCc2cc(Br)cs2)n1. The fourth-order valence-corrected chi connectivity index (χ4v) is 2.73. The first kappa shape index (κ1) is 12.3. The molecule has 0 saturated heterocycles. The normalized spacial score (nSPS) is 10.3. The van der Waals surface area contributed by atoms with Crippen LogP contribution in [-0.2, 0) is 6.54 Å². The summed E-state index contributed by atoms with van der Waals surface area (Å²) >= 11 is 5.11. The van der Waals surface area contributed by atoms with Gasteiger partial charge in [0.2, 0.25) is 11.8 Å². The van der Waals surface area contributed by atoms with E-state index in [9.17, 15) is 0 Å². The maximum absolute atomic E-state index is 5.10. The highest BCUT2D eigenvalue weighted by Crippen LogP contribution is 2.20. The molecule has 0 saturated carbocycles. The summed E-state index contributed by atoms with van der Waals surface area (Å²) < 4.78 is 6.19. The minimum atomic E-state index is 0.576. The first-order valence-corrected chi connectivity index (χ1v) is 6.71. The predicted molar refractivity (Wildman–Crippen MR) is 72.7 cm³/mol. The van der Waals surface area contributed by atoms with Crippen molar-refractivity contribution in [3.63, 3.8) is 0 Å². The van der Waals surface area contributed by atoms with Crippen LogP contribution in [0.25, 0.3) is 0 Å². The molecule has 0 fully saturated rings. The Kier molecular flexibility index (Phi) is 3.96. The molecule has 0 unspecified atom stereocenters. The van der Waals surface area contributed by atoms with Gasteiger partial charge in [0.05, 0.1) is 13.7 Å². The van der Waals surface area contributed by atoms with Crippen LogP contribution in [0.2, 0.25) is 0 Å². The third-order valence-electron chi connectivity index (χ3n) is 2.08. The van der Waals surface area contributed by atoms with E-state index in [1.54, 1.807) is 24.5 Å². The zero-order chi connectivity index (χ0) is 12.3. The number of aryl methyl sites for hydroxylation is 1. The van der Waals surface area contributed by atoms with E-state index in [-0.39, 0.29) is 0 Å². The Balaban J connectivity index is 2.05. The molecule has 0 aromatic carbocycles. The van der Waals surface area contributed by atoms with Crippen LogP contribution >= 0.6 is 27.3 Å². The van der Waals surface area contributed by atoms with Gasteiger partial charge in [0.1, 0.15) is 0 Å². The lowest BCUT2D eigenvalue weighted by Crippen LogP contribution is -2.04. The van der Waals surface area contributed by atoms with Gasteiger partial charge in [-0.25, -0.2) is 4.98 Å². The maximum Gasteiger partial charge on any atom is 0.226 e. The van der Waals surface area contributed by atoms with Gasteiger partial charge in [-0.2, -0.15) is 4.98 Å². The lowest BCUT2D eigenvalue weighted by Gasteiger charge is -2.06. The van der Waals surface area contributed by atoms with Crippen LogP contribution in [0.1, 0.15) is 10.6 Å². The Morgan fingerprint density at radius 2 is 2.24 bits per heavy atom. The van der Waals surface area contributed by atoms with Gasteiger partial charge >= 0.3 is 0 Å². The molecule has 2 aromatic heterocycles. The monoisotopic (exact) mass is 313 g/mol. The van der Waals surface area contributed by atoms with Gasteiger partial charge < -0.3 is 10.1 Å². The van der Waals surface area contributed by atoms with Crippen molar-refractivity contribution in [3.8, 4) is 5.88 Å². The first-order chi connectivity index (χ1) is 8.17. The molecular weight excluding hydrogens is 302 g/mol. The zero-order valence-electron chi connectivity index (χ0n) is 9.53. The number of thiophene rings is 1. The van der Waals surface area contributed by atoms with Gasteiger partial charge in [0.25, 0.3) is 0 Å². The van der Waals surface area contributed by atoms with Crippen molar-refractivity contribution in [1.82, 2.24) is 9.97 Å². The number of hydrogen-bond donors (Lipinski definition) is 1. The molecule has 0 amide bonds. The second kappa shape index (κ2) is 5.46. The lowest BCUT2D eigenvalue weighted by atomic mass is 10.4. The Bertz CT molecular complexity index is 515. The summed E-state index contributed by atoms with van der Waals surface area (Å²) in [4.78, 5) is 9.74. The fraction of sp³-hybridized carbons (Fsp3) is 0.273. The average Bonchev–Trinajstić information content (AvgIpc) is 2.72. The third-order valence-corrected chi connectivity index (χ3v) is 3.78. The average molecular weight is 314 g/mol. The van der Waals surface area contributed by atoms with Crippen LogP contribution < -0.4 is 10.1 Å². The molecule has 0 atom stereocenters. The van der Waals surface area contributed by atoms with E-state index in [1.165, 1.54) is 4.88 Å². The van der Waals surface area contributed by atoms with Crippen molar-refractivity contribution in [2.24, 2.45) is 0 Å². The highest BCUT2D eigenvalue weighted by Gasteiger charge is 2.03. The number of ether oxygens (including phenoxy) is 1. The van der Waals surface area contributed by atoms with Crippen molar-refractivity contribution in [3.05, 3.63) is 32.6 Å². The summed E-state index contributed by atoms with van der Waals surface area (Å²) in [6, 6.07) is 3.87.